The Morgan fingerprint density at radius 1 is 1.35 bits per heavy atom. The molecule has 0 aromatic carbocycles. The van der Waals surface area contributed by atoms with Gasteiger partial charge < -0.3 is 10.2 Å². The molecule has 114 valence electrons. The molecule has 0 amide bonds. The maximum absolute atomic E-state index is 4.66. The topological polar surface area (TPSA) is 41.1 Å². The number of nitrogens with zero attached hydrogens (tertiary/aromatic N) is 3. The monoisotopic (exact) mass is 278 g/mol. The van der Waals surface area contributed by atoms with Crippen molar-refractivity contribution in [2.45, 2.75) is 60.5 Å². The first-order chi connectivity index (χ1) is 9.27. The predicted molar refractivity (Wildman–Crippen MR) is 86.1 cm³/mol. The van der Waals surface area contributed by atoms with Crippen LogP contribution in [0.25, 0.3) is 0 Å². The number of nitrogens with one attached hydrogen (secondary N) is 1. The Hall–Kier alpha value is -1.16. The standard InChI is InChI=1S/C16H30N4/c1-8-9-17-10-14-11-18-15(19-12(14)2)20(7)13(3)16(4,5)6/h11,13,17H,8-10H2,1-7H3. The van der Waals surface area contributed by atoms with Crippen LogP contribution in [0.5, 0.6) is 0 Å². The number of aryl methyl sites for hydroxylation is 1. The summed E-state index contributed by atoms with van der Waals surface area (Å²) in [6, 6.07) is 0.381. The van der Waals surface area contributed by atoms with Gasteiger partial charge in [-0.25, -0.2) is 9.97 Å². The Morgan fingerprint density at radius 3 is 2.50 bits per heavy atom. The van der Waals surface area contributed by atoms with E-state index >= 15 is 0 Å². The average Bonchev–Trinajstić information content (AvgIpc) is 2.38. The molecule has 0 aliphatic carbocycles. The average molecular weight is 278 g/mol. The van der Waals surface area contributed by atoms with E-state index in [9.17, 15) is 0 Å². The second-order valence-electron chi connectivity index (χ2n) is 6.61. The third-order valence-electron chi connectivity index (χ3n) is 3.96. The van der Waals surface area contributed by atoms with Crippen molar-refractivity contribution in [2.75, 3.05) is 18.5 Å². The highest BCUT2D eigenvalue weighted by atomic mass is 15.3. The minimum absolute atomic E-state index is 0.202. The van der Waals surface area contributed by atoms with Crippen LogP contribution in [0.4, 0.5) is 5.95 Å². The fraction of sp³-hybridized carbons (Fsp3) is 0.750. The second kappa shape index (κ2) is 7.02. The van der Waals surface area contributed by atoms with Crippen LogP contribution >= 0.6 is 0 Å². The first kappa shape index (κ1) is 16.9. The van der Waals surface area contributed by atoms with Gasteiger partial charge >= 0.3 is 0 Å². The minimum atomic E-state index is 0.202. The SMILES string of the molecule is CCCNCc1cnc(N(C)C(C)C(C)(C)C)nc1C. The molecule has 0 aliphatic heterocycles. The van der Waals surface area contributed by atoms with Crippen molar-refractivity contribution < 1.29 is 0 Å². The quantitative estimate of drug-likeness (QED) is 0.812. The molecule has 1 aromatic heterocycles. The molecule has 1 aromatic rings. The van der Waals surface area contributed by atoms with Gasteiger partial charge in [-0.2, -0.15) is 0 Å². The Bertz CT molecular complexity index is 423. The summed E-state index contributed by atoms with van der Waals surface area (Å²) >= 11 is 0. The van der Waals surface area contributed by atoms with Crippen LogP contribution in [0.3, 0.4) is 0 Å². The normalized spacial score (nSPS) is 13.3. The van der Waals surface area contributed by atoms with E-state index in [0.29, 0.717) is 6.04 Å². The number of hydrogen-bond donors (Lipinski definition) is 1. The van der Waals surface area contributed by atoms with Crippen molar-refractivity contribution in [3.05, 3.63) is 17.5 Å². The molecule has 1 unspecified atom stereocenters. The van der Waals surface area contributed by atoms with E-state index < -0.39 is 0 Å². The zero-order valence-electron chi connectivity index (χ0n) is 14.1. The molecular formula is C16H30N4. The largest absolute Gasteiger partial charge is 0.341 e. The third kappa shape index (κ3) is 4.44. The van der Waals surface area contributed by atoms with Crippen LogP contribution in [0, 0.1) is 12.3 Å². The fourth-order valence-electron chi connectivity index (χ4n) is 1.98. The number of hydrogen-bond acceptors (Lipinski definition) is 4. The molecule has 4 heteroatoms. The van der Waals surface area contributed by atoms with Crippen molar-refractivity contribution in [3.63, 3.8) is 0 Å². The summed E-state index contributed by atoms with van der Waals surface area (Å²) in [5.74, 6) is 0.809. The minimum Gasteiger partial charge on any atom is -0.341 e. The maximum atomic E-state index is 4.66. The van der Waals surface area contributed by atoms with E-state index in [1.165, 1.54) is 5.56 Å². The summed E-state index contributed by atoms with van der Waals surface area (Å²) in [4.78, 5) is 11.4. The van der Waals surface area contributed by atoms with E-state index in [4.69, 9.17) is 0 Å². The van der Waals surface area contributed by atoms with Gasteiger partial charge in [0.05, 0.1) is 0 Å². The van der Waals surface area contributed by atoms with Gasteiger partial charge in [0, 0.05) is 37.1 Å². The zero-order valence-corrected chi connectivity index (χ0v) is 14.1. The summed E-state index contributed by atoms with van der Waals surface area (Å²) in [6.07, 6.45) is 3.09. The highest BCUT2D eigenvalue weighted by molar-refractivity contribution is 5.33. The van der Waals surface area contributed by atoms with Crippen LogP contribution in [0.1, 0.15) is 52.3 Å². The predicted octanol–water partition coefficient (Wildman–Crippen LogP) is 3.16. The lowest BCUT2D eigenvalue weighted by Crippen LogP contribution is -2.40. The summed E-state index contributed by atoms with van der Waals surface area (Å²) in [5.41, 5.74) is 2.44. The molecule has 0 radical (unpaired) electrons. The first-order valence-electron chi connectivity index (χ1n) is 7.53. The lowest BCUT2D eigenvalue weighted by molar-refractivity contribution is 0.327. The highest BCUT2D eigenvalue weighted by Crippen LogP contribution is 2.25. The van der Waals surface area contributed by atoms with Crippen molar-refractivity contribution in [3.8, 4) is 0 Å². The van der Waals surface area contributed by atoms with Gasteiger partial charge in [-0.1, -0.05) is 27.7 Å². The Kier molecular flexibility index (Phi) is 5.93. The van der Waals surface area contributed by atoms with Gasteiger partial charge in [0.15, 0.2) is 0 Å². The highest BCUT2D eigenvalue weighted by Gasteiger charge is 2.25. The first-order valence-corrected chi connectivity index (χ1v) is 7.53. The molecule has 0 saturated heterocycles. The smallest absolute Gasteiger partial charge is 0.225 e. The van der Waals surface area contributed by atoms with Crippen LogP contribution in [0.15, 0.2) is 6.20 Å². The molecule has 0 bridgehead atoms. The lowest BCUT2D eigenvalue weighted by atomic mass is 9.87. The van der Waals surface area contributed by atoms with E-state index in [1.54, 1.807) is 0 Å². The summed E-state index contributed by atoms with van der Waals surface area (Å²) in [7, 11) is 2.07. The molecule has 1 rings (SSSR count). The summed E-state index contributed by atoms with van der Waals surface area (Å²) in [5, 5.41) is 3.39. The van der Waals surface area contributed by atoms with Gasteiger partial charge in [0.2, 0.25) is 5.95 Å². The van der Waals surface area contributed by atoms with Crippen LogP contribution < -0.4 is 10.2 Å². The molecule has 0 spiro atoms. The number of aromatic nitrogens is 2. The maximum Gasteiger partial charge on any atom is 0.225 e. The van der Waals surface area contributed by atoms with Gasteiger partial charge in [0.25, 0.3) is 0 Å². The van der Waals surface area contributed by atoms with Gasteiger partial charge in [-0.05, 0) is 32.2 Å². The summed E-state index contributed by atoms with van der Waals surface area (Å²) in [6.45, 7) is 15.0. The van der Waals surface area contributed by atoms with Gasteiger partial charge in [0.1, 0.15) is 0 Å². The van der Waals surface area contributed by atoms with Gasteiger partial charge in [-0.15, -0.1) is 0 Å². The van der Waals surface area contributed by atoms with Crippen molar-refractivity contribution in [1.82, 2.24) is 15.3 Å². The Balaban J connectivity index is 2.81. The van der Waals surface area contributed by atoms with Crippen molar-refractivity contribution in [2.24, 2.45) is 5.41 Å². The lowest BCUT2D eigenvalue weighted by Gasteiger charge is -2.35. The van der Waals surface area contributed by atoms with E-state index in [-0.39, 0.29) is 5.41 Å². The summed E-state index contributed by atoms with van der Waals surface area (Å²) < 4.78 is 0. The Labute approximate surface area is 124 Å². The van der Waals surface area contributed by atoms with Crippen LogP contribution in [-0.2, 0) is 6.54 Å². The molecule has 1 atom stereocenters. The molecule has 0 aliphatic rings. The molecule has 0 saturated carbocycles. The Morgan fingerprint density at radius 2 is 2.00 bits per heavy atom. The fourth-order valence-corrected chi connectivity index (χ4v) is 1.98. The molecule has 4 nitrogen and oxygen atoms in total. The van der Waals surface area contributed by atoms with E-state index in [0.717, 1.165) is 31.2 Å². The van der Waals surface area contributed by atoms with Crippen LogP contribution in [0.2, 0.25) is 0 Å². The number of rotatable bonds is 6. The van der Waals surface area contributed by atoms with Gasteiger partial charge in [-0.3, -0.25) is 0 Å². The molecule has 20 heavy (non-hydrogen) atoms. The van der Waals surface area contributed by atoms with Crippen molar-refractivity contribution >= 4 is 5.95 Å². The van der Waals surface area contributed by atoms with Crippen molar-refractivity contribution in [1.29, 1.82) is 0 Å². The second-order valence-corrected chi connectivity index (χ2v) is 6.61. The molecule has 0 fully saturated rings. The third-order valence-corrected chi connectivity index (χ3v) is 3.96. The van der Waals surface area contributed by atoms with E-state index in [2.05, 4.69) is 68.8 Å². The van der Waals surface area contributed by atoms with E-state index in [1.807, 2.05) is 6.20 Å². The van der Waals surface area contributed by atoms with Crippen LogP contribution in [-0.4, -0.2) is 29.6 Å². The number of anilines is 1. The zero-order chi connectivity index (χ0) is 15.3. The molecular weight excluding hydrogens is 248 g/mol. The molecule has 1 heterocycles. The molecule has 1 N–H and O–H groups in total.